The van der Waals surface area contributed by atoms with E-state index in [1.165, 1.54) is 0 Å². The second kappa shape index (κ2) is 8.04. The van der Waals surface area contributed by atoms with Crippen LogP contribution in [0.2, 0.25) is 0 Å². The van der Waals surface area contributed by atoms with Crippen molar-refractivity contribution in [3.05, 3.63) is 12.2 Å². The van der Waals surface area contributed by atoms with Crippen molar-refractivity contribution in [3.63, 3.8) is 0 Å². The molecule has 0 aliphatic rings. The van der Waals surface area contributed by atoms with E-state index in [1.807, 2.05) is 34.7 Å². The van der Waals surface area contributed by atoms with Crippen LogP contribution < -0.4 is 0 Å². The Morgan fingerprint density at radius 1 is 1.55 bits per heavy atom. The molecule has 0 rings (SSSR count). The van der Waals surface area contributed by atoms with Crippen molar-refractivity contribution < 1.29 is 9.53 Å². The molecule has 0 atom stereocenters. The molecule has 2 nitrogen and oxygen atoms in total. The molecule has 0 fully saturated rings. The van der Waals surface area contributed by atoms with Crippen LogP contribution in [0.4, 0.5) is 0 Å². The molecule has 0 aromatic rings. The summed E-state index contributed by atoms with van der Waals surface area (Å²) in [5, 5.41) is 0. The van der Waals surface area contributed by atoms with Crippen LogP contribution in [0.3, 0.4) is 0 Å². The number of allylic oxidation sites excluding steroid dienone is 1. The van der Waals surface area contributed by atoms with E-state index in [-0.39, 0.29) is 5.97 Å². The average Bonchev–Trinajstić information content (AvgIpc) is 2.04. The smallest absolute Gasteiger partial charge is 0.316 e. The molecule has 0 aromatic carbocycles. The predicted molar refractivity (Wildman–Crippen MR) is 53.9 cm³/mol. The summed E-state index contributed by atoms with van der Waals surface area (Å²) >= 11 is 1.98. The molecule has 0 unspecified atom stereocenters. The highest BCUT2D eigenvalue weighted by molar-refractivity contribution is 14.1. The number of hydrogen-bond donors (Lipinski definition) is 0. The number of unbranched alkanes of at least 4 members (excludes halogenated alkanes) is 1. The minimum Gasteiger partial charge on any atom is -0.461 e. The highest BCUT2D eigenvalue weighted by atomic mass is 127. The maximum Gasteiger partial charge on any atom is 0.316 e. The van der Waals surface area contributed by atoms with Crippen LogP contribution in [0.5, 0.6) is 0 Å². The van der Waals surface area contributed by atoms with E-state index < -0.39 is 0 Å². The molecular formula is C8H13IO2. The average molecular weight is 268 g/mol. The van der Waals surface area contributed by atoms with E-state index in [4.69, 9.17) is 4.74 Å². The third-order valence-electron chi connectivity index (χ3n) is 1.07. The lowest BCUT2D eigenvalue weighted by molar-refractivity contribution is -0.138. The fraction of sp³-hybridized carbons (Fsp3) is 0.625. The molecule has 0 amide bonds. The second-order valence-corrected chi connectivity index (χ2v) is 2.84. The van der Waals surface area contributed by atoms with Gasteiger partial charge >= 0.3 is 5.97 Å². The normalized spacial score (nSPS) is 10.4. The maximum absolute atomic E-state index is 10.6. The van der Waals surface area contributed by atoms with E-state index >= 15 is 0 Å². The molecule has 0 spiro atoms. The van der Waals surface area contributed by atoms with Crippen molar-refractivity contribution >= 4 is 28.6 Å². The van der Waals surface area contributed by atoms with E-state index in [9.17, 15) is 4.79 Å². The van der Waals surface area contributed by atoms with Crippen molar-refractivity contribution in [1.82, 2.24) is 0 Å². The van der Waals surface area contributed by atoms with Gasteiger partial charge in [0.05, 0.1) is 4.43 Å². The summed E-state index contributed by atoms with van der Waals surface area (Å²) in [6, 6.07) is 0. The Hall–Kier alpha value is -0.0600. The first-order chi connectivity index (χ1) is 5.31. The Morgan fingerprint density at radius 3 is 2.82 bits per heavy atom. The van der Waals surface area contributed by atoms with Crippen molar-refractivity contribution in [1.29, 1.82) is 0 Å². The number of carbonyl (C=O) groups excluding carboxylic acids is 1. The summed E-state index contributed by atoms with van der Waals surface area (Å²) < 4.78 is 5.23. The summed E-state index contributed by atoms with van der Waals surface area (Å²) in [4.78, 5) is 10.6. The number of carbonyl (C=O) groups is 1. The number of alkyl halides is 1. The van der Waals surface area contributed by atoms with Crippen LogP contribution in [-0.2, 0) is 9.53 Å². The molecule has 0 saturated heterocycles. The minimum absolute atomic E-state index is 0.147. The quantitative estimate of drug-likeness (QED) is 0.331. The van der Waals surface area contributed by atoms with Gasteiger partial charge in [-0.1, -0.05) is 48.1 Å². The van der Waals surface area contributed by atoms with E-state index in [2.05, 4.69) is 6.92 Å². The second-order valence-electron chi connectivity index (χ2n) is 2.08. The summed E-state index contributed by atoms with van der Waals surface area (Å²) in [5.41, 5.74) is 0. The lowest BCUT2D eigenvalue weighted by Crippen LogP contribution is -2.04. The Morgan fingerprint density at radius 2 is 2.27 bits per heavy atom. The van der Waals surface area contributed by atoms with Gasteiger partial charge in [0.15, 0.2) is 0 Å². The van der Waals surface area contributed by atoms with Crippen LogP contribution in [0.15, 0.2) is 12.2 Å². The van der Waals surface area contributed by atoms with Gasteiger partial charge in [0.2, 0.25) is 0 Å². The third kappa shape index (κ3) is 7.84. The monoisotopic (exact) mass is 268 g/mol. The van der Waals surface area contributed by atoms with Gasteiger partial charge in [0.25, 0.3) is 0 Å². The maximum atomic E-state index is 10.6. The Bertz CT molecular complexity index is 132. The standard InChI is InChI=1S/C8H13IO2/c1-2-3-4-5-6-11-8(10)7-9/h4-5H,2-3,6-7H2,1H3/b5-4+. The van der Waals surface area contributed by atoms with Gasteiger partial charge in [0, 0.05) is 0 Å². The van der Waals surface area contributed by atoms with Crippen LogP contribution in [0.1, 0.15) is 19.8 Å². The van der Waals surface area contributed by atoms with E-state index in [0.29, 0.717) is 11.0 Å². The molecule has 64 valence electrons. The summed E-state index contributed by atoms with van der Waals surface area (Å²) in [7, 11) is 0. The molecule has 0 radical (unpaired) electrons. The molecule has 0 aliphatic carbocycles. The molecule has 0 aliphatic heterocycles. The SMILES string of the molecule is CCC/C=C/COC(=O)CI. The first-order valence-corrected chi connectivity index (χ1v) is 5.20. The zero-order chi connectivity index (χ0) is 8.53. The van der Waals surface area contributed by atoms with Gasteiger partial charge in [-0.25, -0.2) is 0 Å². The highest BCUT2D eigenvalue weighted by Crippen LogP contribution is 1.90. The molecule has 0 bridgehead atoms. The van der Waals surface area contributed by atoms with Crippen molar-refractivity contribution in [3.8, 4) is 0 Å². The fourth-order valence-electron chi connectivity index (χ4n) is 0.532. The first-order valence-electron chi connectivity index (χ1n) is 3.67. The fourth-order valence-corrected chi connectivity index (χ4v) is 0.752. The molecule has 0 heterocycles. The van der Waals surface area contributed by atoms with Crippen LogP contribution in [0, 0.1) is 0 Å². The lowest BCUT2D eigenvalue weighted by Gasteiger charge is -1.95. The van der Waals surface area contributed by atoms with Gasteiger partial charge < -0.3 is 4.74 Å². The van der Waals surface area contributed by atoms with E-state index in [0.717, 1.165) is 12.8 Å². The molecule has 0 saturated carbocycles. The van der Waals surface area contributed by atoms with Crippen LogP contribution >= 0.6 is 22.6 Å². The third-order valence-corrected chi connectivity index (χ3v) is 1.69. The number of rotatable bonds is 5. The summed E-state index contributed by atoms with van der Waals surface area (Å²) in [5.74, 6) is -0.147. The van der Waals surface area contributed by atoms with Crippen molar-refractivity contribution in [2.24, 2.45) is 0 Å². The molecule has 3 heteroatoms. The number of hydrogen-bond acceptors (Lipinski definition) is 2. The Labute approximate surface area is 81.1 Å². The summed E-state index contributed by atoms with van der Waals surface area (Å²) in [6.45, 7) is 2.53. The molecular weight excluding hydrogens is 255 g/mol. The van der Waals surface area contributed by atoms with Gasteiger partial charge in [-0.3, -0.25) is 4.79 Å². The molecule has 0 N–H and O–H groups in total. The number of ether oxygens (including phenoxy) is 1. The topological polar surface area (TPSA) is 26.3 Å². The number of esters is 1. The minimum atomic E-state index is -0.147. The van der Waals surface area contributed by atoms with Crippen LogP contribution in [-0.4, -0.2) is 17.0 Å². The van der Waals surface area contributed by atoms with Crippen molar-refractivity contribution in [2.45, 2.75) is 19.8 Å². The van der Waals surface area contributed by atoms with Gasteiger partial charge in [0.1, 0.15) is 6.61 Å². The first kappa shape index (κ1) is 10.9. The van der Waals surface area contributed by atoms with Gasteiger partial charge in [-0.15, -0.1) is 0 Å². The number of halogens is 1. The molecule has 11 heavy (non-hydrogen) atoms. The van der Waals surface area contributed by atoms with Gasteiger partial charge in [-0.05, 0) is 6.42 Å². The van der Waals surface area contributed by atoms with Gasteiger partial charge in [-0.2, -0.15) is 0 Å². The van der Waals surface area contributed by atoms with E-state index in [1.54, 1.807) is 0 Å². The van der Waals surface area contributed by atoms with Crippen LogP contribution in [0.25, 0.3) is 0 Å². The zero-order valence-electron chi connectivity index (χ0n) is 6.68. The predicted octanol–water partition coefficient (Wildman–Crippen LogP) is 2.32. The lowest BCUT2D eigenvalue weighted by atomic mass is 10.3. The summed E-state index contributed by atoms with van der Waals surface area (Å²) in [6.07, 6.45) is 6.10. The molecule has 0 aromatic heterocycles. The Balaban J connectivity index is 3.19. The Kier molecular flexibility index (Phi) is 8.00. The zero-order valence-corrected chi connectivity index (χ0v) is 8.84. The highest BCUT2D eigenvalue weighted by Gasteiger charge is 1.94. The largest absolute Gasteiger partial charge is 0.461 e. The van der Waals surface area contributed by atoms with Crippen molar-refractivity contribution in [2.75, 3.05) is 11.0 Å².